The number of hydrogen-bond donors (Lipinski definition) is 2. The molecule has 120 valence electrons. The molecule has 1 unspecified atom stereocenters. The molecule has 1 aliphatic heterocycles. The van der Waals surface area contributed by atoms with Gasteiger partial charge in [0, 0.05) is 10.6 Å². The minimum Gasteiger partial charge on any atom is -0.492 e. The van der Waals surface area contributed by atoms with Gasteiger partial charge in [0.05, 0.1) is 12.5 Å². The number of rotatable bonds is 3. The van der Waals surface area contributed by atoms with E-state index in [2.05, 4.69) is 10.6 Å². The van der Waals surface area contributed by atoms with Crippen LogP contribution in [0.15, 0.2) is 18.2 Å². The SMILES string of the molecule is CC(C)(C)NC(=O)CNC(=O)C1COc2ccc(Cl)cc2C1. The number of halogens is 1. The van der Waals surface area contributed by atoms with Crippen molar-refractivity contribution < 1.29 is 14.3 Å². The lowest BCUT2D eigenvalue weighted by atomic mass is 9.96. The Morgan fingerprint density at radius 3 is 2.77 bits per heavy atom. The molecule has 1 heterocycles. The van der Waals surface area contributed by atoms with Gasteiger partial charge in [-0.1, -0.05) is 11.6 Å². The molecule has 6 heteroatoms. The summed E-state index contributed by atoms with van der Waals surface area (Å²) in [6, 6.07) is 5.38. The molecule has 0 saturated carbocycles. The summed E-state index contributed by atoms with van der Waals surface area (Å²) in [5.41, 5.74) is 0.601. The molecule has 1 aromatic carbocycles. The van der Waals surface area contributed by atoms with Crippen molar-refractivity contribution in [2.24, 2.45) is 5.92 Å². The summed E-state index contributed by atoms with van der Waals surface area (Å²) in [5, 5.41) is 6.07. The van der Waals surface area contributed by atoms with Crippen molar-refractivity contribution in [3.05, 3.63) is 28.8 Å². The molecule has 22 heavy (non-hydrogen) atoms. The Morgan fingerprint density at radius 2 is 2.09 bits per heavy atom. The highest BCUT2D eigenvalue weighted by Gasteiger charge is 2.26. The van der Waals surface area contributed by atoms with E-state index < -0.39 is 0 Å². The molecular formula is C16H21ClN2O3. The first-order valence-electron chi connectivity index (χ1n) is 7.24. The molecule has 1 atom stereocenters. The molecule has 0 bridgehead atoms. The van der Waals surface area contributed by atoms with Gasteiger partial charge in [-0.25, -0.2) is 0 Å². The van der Waals surface area contributed by atoms with Gasteiger partial charge in [-0.15, -0.1) is 0 Å². The van der Waals surface area contributed by atoms with Crippen molar-refractivity contribution in [2.45, 2.75) is 32.7 Å². The highest BCUT2D eigenvalue weighted by Crippen LogP contribution is 2.29. The smallest absolute Gasteiger partial charge is 0.239 e. The molecule has 2 rings (SSSR count). The van der Waals surface area contributed by atoms with E-state index in [0.29, 0.717) is 18.1 Å². The molecule has 0 spiro atoms. The van der Waals surface area contributed by atoms with E-state index >= 15 is 0 Å². The van der Waals surface area contributed by atoms with Gasteiger partial charge in [-0.05, 0) is 51.0 Å². The fourth-order valence-electron chi connectivity index (χ4n) is 2.31. The van der Waals surface area contributed by atoms with Crippen molar-refractivity contribution in [3.63, 3.8) is 0 Å². The van der Waals surface area contributed by atoms with Crippen molar-refractivity contribution in [1.82, 2.24) is 10.6 Å². The average molecular weight is 325 g/mol. The normalized spacial score (nSPS) is 17.2. The average Bonchev–Trinajstić information content (AvgIpc) is 2.42. The van der Waals surface area contributed by atoms with E-state index in [1.165, 1.54) is 0 Å². The third-order valence-electron chi connectivity index (χ3n) is 3.24. The Hall–Kier alpha value is -1.75. The second kappa shape index (κ2) is 6.57. The molecule has 2 N–H and O–H groups in total. The standard InChI is InChI=1S/C16H21ClN2O3/c1-16(2,3)19-14(20)8-18-15(21)11-6-10-7-12(17)4-5-13(10)22-9-11/h4-5,7,11H,6,8-9H2,1-3H3,(H,18,21)(H,19,20). The van der Waals surface area contributed by atoms with Crippen LogP contribution in [-0.4, -0.2) is 30.5 Å². The van der Waals surface area contributed by atoms with Crippen LogP contribution in [0.2, 0.25) is 5.02 Å². The minimum absolute atomic E-state index is 0.0327. The Kier molecular flexibility index (Phi) is 4.96. The predicted octanol–water partition coefficient (Wildman–Crippen LogP) is 1.92. The zero-order valence-corrected chi connectivity index (χ0v) is 13.8. The summed E-state index contributed by atoms with van der Waals surface area (Å²) in [6.45, 7) is 5.95. The summed E-state index contributed by atoms with van der Waals surface area (Å²) >= 11 is 5.96. The summed E-state index contributed by atoms with van der Waals surface area (Å²) in [6.07, 6.45) is 0.558. The van der Waals surface area contributed by atoms with Crippen molar-refractivity contribution >= 4 is 23.4 Å². The van der Waals surface area contributed by atoms with Gasteiger partial charge in [0.2, 0.25) is 11.8 Å². The molecule has 0 aromatic heterocycles. The van der Waals surface area contributed by atoms with Crippen molar-refractivity contribution in [1.29, 1.82) is 0 Å². The lowest BCUT2D eigenvalue weighted by molar-refractivity contribution is -0.130. The Morgan fingerprint density at radius 1 is 1.36 bits per heavy atom. The van der Waals surface area contributed by atoms with Crippen LogP contribution in [0.1, 0.15) is 26.3 Å². The number of amides is 2. The Balaban J connectivity index is 1.88. The number of hydrogen-bond acceptors (Lipinski definition) is 3. The van der Waals surface area contributed by atoms with E-state index in [1.807, 2.05) is 32.9 Å². The third kappa shape index (κ3) is 4.63. The number of ether oxygens (including phenoxy) is 1. The Bertz CT molecular complexity index is 581. The summed E-state index contributed by atoms with van der Waals surface area (Å²) in [4.78, 5) is 23.9. The van der Waals surface area contributed by atoms with Gasteiger partial charge in [0.25, 0.3) is 0 Å². The molecule has 2 amide bonds. The molecule has 0 radical (unpaired) electrons. The van der Waals surface area contributed by atoms with Crippen LogP contribution < -0.4 is 15.4 Å². The highest BCUT2D eigenvalue weighted by atomic mass is 35.5. The molecule has 1 aromatic rings. The van der Waals surface area contributed by atoms with Crippen LogP contribution in [0.4, 0.5) is 0 Å². The van der Waals surface area contributed by atoms with E-state index in [0.717, 1.165) is 11.3 Å². The van der Waals surface area contributed by atoms with Crippen molar-refractivity contribution in [3.8, 4) is 5.75 Å². The second-order valence-corrected chi connectivity index (χ2v) is 6.92. The lowest BCUT2D eigenvalue weighted by Gasteiger charge is -2.25. The number of fused-ring (bicyclic) bond motifs is 1. The van der Waals surface area contributed by atoms with E-state index in [9.17, 15) is 9.59 Å². The lowest BCUT2D eigenvalue weighted by Crippen LogP contribution is -2.47. The molecule has 0 aliphatic carbocycles. The number of benzene rings is 1. The summed E-state index contributed by atoms with van der Waals surface area (Å²) in [7, 11) is 0. The number of nitrogens with one attached hydrogen (secondary N) is 2. The van der Waals surface area contributed by atoms with E-state index in [1.54, 1.807) is 6.07 Å². The maximum atomic E-state index is 12.2. The van der Waals surface area contributed by atoms with Gasteiger partial charge in [-0.3, -0.25) is 9.59 Å². The third-order valence-corrected chi connectivity index (χ3v) is 3.47. The second-order valence-electron chi connectivity index (χ2n) is 6.48. The quantitative estimate of drug-likeness (QED) is 0.892. The fraction of sp³-hybridized carbons (Fsp3) is 0.500. The van der Waals surface area contributed by atoms with Crippen LogP contribution in [0.25, 0.3) is 0 Å². The van der Waals surface area contributed by atoms with Gasteiger partial charge in [0.1, 0.15) is 12.4 Å². The maximum absolute atomic E-state index is 12.2. The summed E-state index contributed by atoms with van der Waals surface area (Å²) < 4.78 is 5.58. The van der Waals surface area contributed by atoms with Gasteiger partial charge >= 0.3 is 0 Å². The first-order chi connectivity index (χ1) is 10.2. The molecule has 0 fully saturated rings. The van der Waals surface area contributed by atoms with E-state index in [4.69, 9.17) is 16.3 Å². The van der Waals surface area contributed by atoms with Gasteiger partial charge < -0.3 is 15.4 Å². The monoisotopic (exact) mass is 324 g/mol. The van der Waals surface area contributed by atoms with Gasteiger partial charge in [-0.2, -0.15) is 0 Å². The van der Waals surface area contributed by atoms with Crippen LogP contribution in [0.5, 0.6) is 5.75 Å². The van der Waals surface area contributed by atoms with Crippen LogP contribution in [0.3, 0.4) is 0 Å². The van der Waals surface area contributed by atoms with Gasteiger partial charge in [0.15, 0.2) is 0 Å². The molecule has 1 aliphatic rings. The number of carbonyl (C=O) groups excluding carboxylic acids is 2. The van der Waals surface area contributed by atoms with Crippen LogP contribution in [-0.2, 0) is 16.0 Å². The topological polar surface area (TPSA) is 67.4 Å². The van der Waals surface area contributed by atoms with Crippen molar-refractivity contribution in [2.75, 3.05) is 13.2 Å². The maximum Gasteiger partial charge on any atom is 0.239 e. The van der Waals surface area contributed by atoms with Crippen LogP contribution in [0, 0.1) is 5.92 Å². The van der Waals surface area contributed by atoms with E-state index in [-0.39, 0.29) is 29.8 Å². The highest BCUT2D eigenvalue weighted by molar-refractivity contribution is 6.30. The summed E-state index contributed by atoms with van der Waals surface area (Å²) in [5.74, 6) is 0.0584. The molecule has 0 saturated heterocycles. The predicted molar refractivity (Wildman–Crippen MR) is 85.0 cm³/mol. The number of carbonyl (C=O) groups is 2. The van der Waals surface area contributed by atoms with Crippen LogP contribution >= 0.6 is 11.6 Å². The first-order valence-corrected chi connectivity index (χ1v) is 7.62. The largest absolute Gasteiger partial charge is 0.492 e. The Labute approximate surface area is 135 Å². The zero-order chi connectivity index (χ0) is 16.3. The molecule has 5 nitrogen and oxygen atoms in total. The molecular weight excluding hydrogens is 304 g/mol. The fourth-order valence-corrected chi connectivity index (χ4v) is 2.50. The zero-order valence-electron chi connectivity index (χ0n) is 13.0. The minimum atomic E-state index is -0.314. The first kappa shape index (κ1) is 16.6.